The average molecular weight is 404 g/mol. The van der Waals surface area contributed by atoms with Crippen molar-refractivity contribution in [1.29, 1.82) is 0 Å². The summed E-state index contributed by atoms with van der Waals surface area (Å²) in [6.07, 6.45) is -0.124. The van der Waals surface area contributed by atoms with E-state index in [4.69, 9.17) is 9.47 Å². The van der Waals surface area contributed by atoms with E-state index in [1.54, 1.807) is 6.92 Å². The summed E-state index contributed by atoms with van der Waals surface area (Å²) in [5.41, 5.74) is 0.00258. The lowest BCUT2D eigenvalue weighted by atomic mass is 10.3. The molecule has 0 aromatic heterocycles. The zero-order valence-electron chi connectivity index (χ0n) is 14.3. The molecule has 0 N–H and O–H groups in total. The molecule has 0 radical (unpaired) electrons. The lowest BCUT2D eigenvalue weighted by Crippen LogP contribution is -2.40. The van der Waals surface area contributed by atoms with Crippen LogP contribution in [0.3, 0.4) is 0 Å². The molecule has 1 amide bonds. The lowest BCUT2D eigenvalue weighted by Gasteiger charge is -2.27. The molecule has 0 spiro atoms. The second-order valence-electron chi connectivity index (χ2n) is 5.80. The highest BCUT2D eigenvalue weighted by Gasteiger charge is 2.38. The van der Waals surface area contributed by atoms with Crippen molar-refractivity contribution in [2.45, 2.75) is 18.2 Å². The van der Waals surface area contributed by atoms with Crippen molar-refractivity contribution in [3.05, 3.63) is 18.2 Å². The minimum atomic E-state index is -3.93. The van der Waals surface area contributed by atoms with Crippen LogP contribution in [0.25, 0.3) is 0 Å². The summed E-state index contributed by atoms with van der Waals surface area (Å²) in [7, 11) is -7.71. The number of carbonyl (C=O) groups is 1. The van der Waals surface area contributed by atoms with Crippen molar-refractivity contribution in [1.82, 2.24) is 4.31 Å². The third kappa shape index (κ3) is 3.43. The van der Waals surface area contributed by atoms with E-state index in [2.05, 4.69) is 0 Å². The molecule has 2 heterocycles. The largest absolute Gasteiger partial charge is 0.492 e. The molecule has 9 nitrogen and oxygen atoms in total. The van der Waals surface area contributed by atoms with Crippen LogP contribution in [0.15, 0.2) is 23.1 Å². The fourth-order valence-electron chi connectivity index (χ4n) is 2.89. The van der Waals surface area contributed by atoms with Crippen LogP contribution < -0.4 is 9.04 Å². The minimum absolute atomic E-state index is 0.00258. The molecule has 2 aliphatic rings. The molecule has 144 valence electrons. The molecule has 0 aliphatic carbocycles. The van der Waals surface area contributed by atoms with E-state index in [0.717, 1.165) is 0 Å². The smallest absolute Gasteiger partial charge is 0.246 e. The van der Waals surface area contributed by atoms with E-state index in [1.807, 2.05) is 0 Å². The molecule has 0 bridgehead atoms. The van der Waals surface area contributed by atoms with E-state index in [0.29, 0.717) is 4.31 Å². The van der Waals surface area contributed by atoms with E-state index in [1.165, 1.54) is 22.5 Å². The Morgan fingerprint density at radius 1 is 1.23 bits per heavy atom. The third-order valence-electron chi connectivity index (χ3n) is 4.13. The number of anilines is 1. The van der Waals surface area contributed by atoms with Gasteiger partial charge in [0, 0.05) is 19.5 Å². The summed E-state index contributed by atoms with van der Waals surface area (Å²) in [6.45, 7) is 2.90. The van der Waals surface area contributed by atoms with Gasteiger partial charge in [0.2, 0.25) is 26.0 Å². The maximum atomic E-state index is 13.0. The van der Waals surface area contributed by atoms with Crippen molar-refractivity contribution in [2.75, 3.05) is 43.0 Å². The van der Waals surface area contributed by atoms with Gasteiger partial charge in [0.05, 0.1) is 31.3 Å². The molecule has 26 heavy (non-hydrogen) atoms. The first kappa shape index (κ1) is 19.1. The lowest BCUT2D eigenvalue weighted by molar-refractivity contribution is -0.116. The second kappa shape index (κ2) is 7.14. The minimum Gasteiger partial charge on any atom is -0.492 e. The summed E-state index contributed by atoms with van der Waals surface area (Å²) < 4.78 is 62.9. The van der Waals surface area contributed by atoms with Crippen LogP contribution in [-0.4, -0.2) is 65.7 Å². The Labute approximate surface area is 152 Å². The molecular weight excluding hydrogens is 384 g/mol. The van der Waals surface area contributed by atoms with Gasteiger partial charge in [0.25, 0.3) is 0 Å². The number of carbonyl (C=O) groups excluding carboxylic acids is 1. The van der Waals surface area contributed by atoms with Crippen LogP contribution in [0, 0.1) is 0 Å². The maximum absolute atomic E-state index is 13.0. The van der Waals surface area contributed by atoms with Gasteiger partial charge in [-0.15, -0.1) is 0 Å². The van der Waals surface area contributed by atoms with E-state index in [9.17, 15) is 21.6 Å². The summed E-state index contributed by atoms with van der Waals surface area (Å²) in [5, 5.41) is 0. The predicted octanol–water partition coefficient (Wildman–Crippen LogP) is 0.173. The maximum Gasteiger partial charge on any atom is 0.246 e. The fourth-order valence-corrected chi connectivity index (χ4v) is 5.90. The summed E-state index contributed by atoms with van der Waals surface area (Å²) in [5.74, 6) is -0.749. The highest BCUT2D eigenvalue weighted by Crippen LogP contribution is 2.34. The summed E-state index contributed by atoms with van der Waals surface area (Å²) in [6, 6.07) is 3.95. The Morgan fingerprint density at radius 2 is 1.92 bits per heavy atom. The Hall–Kier alpha value is -1.69. The third-order valence-corrected chi connectivity index (χ3v) is 7.74. The Kier molecular flexibility index (Phi) is 5.24. The van der Waals surface area contributed by atoms with Crippen LogP contribution in [0.4, 0.5) is 5.69 Å². The first-order valence-corrected chi connectivity index (χ1v) is 11.2. The van der Waals surface area contributed by atoms with Crippen molar-refractivity contribution < 1.29 is 31.1 Å². The number of hydrogen-bond acceptors (Lipinski definition) is 7. The van der Waals surface area contributed by atoms with E-state index >= 15 is 0 Å². The molecule has 0 saturated carbocycles. The fraction of sp³-hybridized carbons (Fsp3) is 0.533. The average Bonchev–Trinajstić information content (AvgIpc) is 2.89. The van der Waals surface area contributed by atoms with Crippen LogP contribution in [0.1, 0.15) is 13.3 Å². The zero-order valence-corrected chi connectivity index (χ0v) is 15.9. The van der Waals surface area contributed by atoms with E-state index in [-0.39, 0.29) is 61.4 Å². The van der Waals surface area contributed by atoms with Gasteiger partial charge in [0.1, 0.15) is 10.6 Å². The quantitative estimate of drug-likeness (QED) is 0.688. The van der Waals surface area contributed by atoms with Crippen molar-refractivity contribution in [3.63, 3.8) is 0 Å². The number of nitrogens with zero attached hydrogens (tertiary/aromatic N) is 2. The van der Waals surface area contributed by atoms with E-state index < -0.39 is 26.0 Å². The van der Waals surface area contributed by atoms with Crippen molar-refractivity contribution in [2.24, 2.45) is 0 Å². The Balaban J connectivity index is 2.09. The molecule has 0 unspecified atom stereocenters. The Bertz CT molecular complexity index is 906. The summed E-state index contributed by atoms with van der Waals surface area (Å²) >= 11 is 0. The standard InChI is InChI=1S/C15H20N2O7S2/c1-2-24-13-4-3-12(17-15(18)5-10-25(17,19)20)11-14(13)26(21,22)16-6-8-23-9-7-16/h3-4,11H,2,5-10H2,1H3. The van der Waals surface area contributed by atoms with Crippen molar-refractivity contribution in [3.8, 4) is 5.75 Å². The number of morpholine rings is 1. The zero-order chi connectivity index (χ0) is 18.9. The van der Waals surface area contributed by atoms with Gasteiger partial charge in [-0.05, 0) is 25.1 Å². The SMILES string of the molecule is CCOc1ccc(N2C(=O)CCS2(=O)=O)cc1S(=O)(=O)N1CCOCC1. The number of hydrogen-bond donors (Lipinski definition) is 0. The molecular formula is C15H20N2O7S2. The number of sulfonamides is 2. The second-order valence-corrected chi connectivity index (χ2v) is 9.65. The van der Waals surface area contributed by atoms with Gasteiger partial charge < -0.3 is 9.47 Å². The van der Waals surface area contributed by atoms with Crippen LogP contribution >= 0.6 is 0 Å². The number of benzene rings is 1. The highest BCUT2D eigenvalue weighted by atomic mass is 32.2. The van der Waals surface area contributed by atoms with Crippen LogP contribution in [0.5, 0.6) is 5.75 Å². The topological polar surface area (TPSA) is 110 Å². The Morgan fingerprint density at radius 3 is 2.50 bits per heavy atom. The van der Waals surface area contributed by atoms with Crippen molar-refractivity contribution >= 4 is 31.6 Å². The van der Waals surface area contributed by atoms with Gasteiger partial charge in [0.15, 0.2) is 0 Å². The van der Waals surface area contributed by atoms with Gasteiger partial charge in [-0.3, -0.25) is 4.79 Å². The molecule has 1 aromatic carbocycles. The molecule has 2 saturated heterocycles. The van der Waals surface area contributed by atoms with Crippen LogP contribution in [-0.2, 0) is 29.6 Å². The molecule has 0 atom stereocenters. The first-order valence-electron chi connectivity index (χ1n) is 8.18. The molecule has 1 aromatic rings. The van der Waals surface area contributed by atoms with Gasteiger partial charge in [-0.1, -0.05) is 0 Å². The number of ether oxygens (including phenoxy) is 2. The normalized spacial score (nSPS) is 21.1. The molecule has 11 heteroatoms. The number of rotatable bonds is 5. The van der Waals surface area contributed by atoms with Gasteiger partial charge in [-0.25, -0.2) is 21.1 Å². The monoisotopic (exact) mass is 404 g/mol. The first-order chi connectivity index (χ1) is 12.3. The number of amides is 1. The van der Waals surface area contributed by atoms with Gasteiger partial charge >= 0.3 is 0 Å². The highest BCUT2D eigenvalue weighted by molar-refractivity contribution is 7.94. The van der Waals surface area contributed by atoms with Gasteiger partial charge in [-0.2, -0.15) is 4.31 Å². The predicted molar refractivity (Wildman–Crippen MR) is 93.1 cm³/mol. The molecule has 2 aliphatic heterocycles. The molecule has 3 rings (SSSR count). The van der Waals surface area contributed by atoms with Crippen LogP contribution in [0.2, 0.25) is 0 Å². The molecule has 2 fully saturated rings. The summed E-state index contributed by atoms with van der Waals surface area (Å²) in [4.78, 5) is 11.8.